The molecule has 25 heavy (non-hydrogen) atoms. The van der Waals surface area contributed by atoms with E-state index in [1.54, 1.807) is 17.3 Å². The number of aliphatic hydroxyl groups is 2. The molecule has 1 aliphatic rings. The van der Waals surface area contributed by atoms with Crippen LogP contribution in [0, 0.1) is 13.8 Å². The molecule has 9 heteroatoms. The summed E-state index contributed by atoms with van der Waals surface area (Å²) in [6, 6.07) is 3.62. The number of hydrazine groups is 1. The first-order chi connectivity index (χ1) is 11.8. The number of rotatable bonds is 6. The van der Waals surface area contributed by atoms with E-state index in [1.807, 2.05) is 19.9 Å². The molecule has 1 atom stereocenters. The molecular formula is C16H22N4O4S. The van der Waals surface area contributed by atoms with Crippen LogP contribution in [-0.2, 0) is 4.74 Å². The summed E-state index contributed by atoms with van der Waals surface area (Å²) in [5, 5.41) is 20.6. The van der Waals surface area contributed by atoms with Crippen molar-refractivity contribution in [3.63, 3.8) is 0 Å². The van der Waals surface area contributed by atoms with Crippen molar-refractivity contribution in [3.05, 3.63) is 40.1 Å². The topological polar surface area (TPSA) is 120 Å². The molecule has 0 spiro atoms. The maximum atomic E-state index is 11.9. The van der Waals surface area contributed by atoms with Crippen molar-refractivity contribution in [2.24, 2.45) is 10.7 Å². The van der Waals surface area contributed by atoms with Crippen LogP contribution in [-0.4, -0.2) is 47.7 Å². The summed E-state index contributed by atoms with van der Waals surface area (Å²) < 4.78 is 4.82. The molecule has 0 fully saturated rings. The Hall–Kier alpha value is -2.23. The summed E-state index contributed by atoms with van der Waals surface area (Å²) in [7, 11) is 1.34. The van der Waals surface area contributed by atoms with Crippen LogP contribution in [0.2, 0.25) is 0 Å². The van der Waals surface area contributed by atoms with E-state index in [0.717, 1.165) is 16.8 Å². The van der Waals surface area contributed by atoms with Crippen molar-refractivity contribution in [3.8, 4) is 0 Å². The summed E-state index contributed by atoms with van der Waals surface area (Å²) in [4.78, 5) is 16.1. The molecule has 0 aromatic heterocycles. The van der Waals surface area contributed by atoms with Gasteiger partial charge in [0.15, 0.2) is 0 Å². The molecule has 0 saturated heterocycles. The summed E-state index contributed by atoms with van der Waals surface area (Å²) in [5.74, 6) is 0.0536. The van der Waals surface area contributed by atoms with Gasteiger partial charge in [0.25, 0.3) is 0 Å². The van der Waals surface area contributed by atoms with Crippen LogP contribution in [0.1, 0.15) is 21.5 Å². The molecule has 1 heterocycles. The Morgan fingerprint density at radius 2 is 2.16 bits per heavy atom. The lowest BCUT2D eigenvalue weighted by molar-refractivity contribution is 0.0600. The van der Waals surface area contributed by atoms with Gasteiger partial charge in [0, 0.05) is 5.75 Å². The minimum atomic E-state index is -0.835. The Balaban J connectivity index is 2.32. The molecule has 0 saturated carbocycles. The zero-order chi connectivity index (χ0) is 18.6. The van der Waals surface area contributed by atoms with Crippen LogP contribution in [0.15, 0.2) is 28.4 Å². The third-order valence-electron chi connectivity index (χ3n) is 3.55. The fourth-order valence-electron chi connectivity index (χ4n) is 2.30. The fraction of sp³-hybridized carbons (Fsp3) is 0.375. The minimum absolute atomic E-state index is 0.183. The molecule has 1 unspecified atom stereocenters. The highest BCUT2D eigenvalue weighted by Gasteiger charge is 2.19. The van der Waals surface area contributed by atoms with Gasteiger partial charge in [-0.3, -0.25) is 10.4 Å². The van der Waals surface area contributed by atoms with E-state index in [0.29, 0.717) is 10.6 Å². The van der Waals surface area contributed by atoms with Gasteiger partial charge in [-0.25, -0.2) is 9.79 Å². The van der Waals surface area contributed by atoms with Crippen molar-refractivity contribution >= 4 is 29.4 Å². The van der Waals surface area contributed by atoms with Crippen LogP contribution in [0.5, 0.6) is 0 Å². The molecular weight excluding hydrogens is 344 g/mol. The van der Waals surface area contributed by atoms with E-state index in [4.69, 9.17) is 15.6 Å². The largest absolute Gasteiger partial charge is 0.465 e. The Morgan fingerprint density at radius 3 is 2.80 bits per heavy atom. The Morgan fingerprint density at radius 1 is 1.44 bits per heavy atom. The number of carbonyl (C=O) groups excluding carboxylic acids is 1. The Bertz CT molecular complexity index is 720. The van der Waals surface area contributed by atoms with E-state index < -0.39 is 12.1 Å². The zero-order valence-corrected chi connectivity index (χ0v) is 15.1. The average Bonchev–Trinajstić information content (AvgIpc) is 2.58. The number of methoxy groups -OCH3 is 1. The number of nitrogens with one attached hydrogen (secondary N) is 1. The van der Waals surface area contributed by atoms with Crippen molar-refractivity contribution in [1.29, 1.82) is 0 Å². The number of carbonyl (C=O) groups is 1. The number of esters is 1. The second-order valence-corrected chi connectivity index (χ2v) is 6.58. The number of benzene rings is 1. The van der Waals surface area contributed by atoms with Gasteiger partial charge in [0.2, 0.25) is 5.96 Å². The number of thioether (sulfide) groups is 1. The lowest BCUT2D eigenvalue weighted by Crippen LogP contribution is -2.45. The maximum Gasteiger partial charge on any atom is 0.338 e. The standard InChI is InChI=1S/C16H22N4O4S/c1-9-4-10(2)13(5-12(9)15(23)24-3)20-6-14(18-16(17)19-20)25-8-11(22)7-21/h4-6,11,21-22H,7-8H2,1-3H3,(H3,17,18,19). The van der Waals surface area contributed by atoms with Crippen molar-refractivity contribution < 1.29 is 19.7 Å². The van der Waals surface area contributed by atoms with E-state index in [2.05, 4.69) is 10.4 Å². The highest BCUT2D eigenvalue weighted by molar-refractivity contribution is 8.03. The highest BCUT2D eigenvalue weighted by Crippen LogP contribution is 2.28. The molecule has 0 bridgehead atoms. The number of guanidine groups is 1. The van der Waals surface area contributed by atoms with Crippen LogP contribution < -0.4 is 16.2 Å². The number of nitrogens with zero attached hydrogens (tertiary/aromatic N) is 2. The van der Waals surface area contributed by atoms with E-state index in [-0.39, 0.29) is 18.3 Å². The van der Waals surface area contributed by atoms with Crippen LogP contribution in [0.4, 0.5) is 5.69 Å². The molecule has 1 aromatic carbocycles. The van der Waals surface area contributed by atoms with Gasteiger partial charge in [0.1, 0.15) is 5.03 Å². The second kappa shape index (κ2) is 8.24. The average molecular weight is 366 g/mol. The van der Waals surface area contributed by atoms with Gasteiger partial charge in [-0.2, -0.15) is 0 Å². The van der Waals surface area contributed by atoms with Crippen LogP contribution in [0.3, 0.4) is 0 Å². The number of aliphatic imine (C=N–C) groups is 1. The first-order valence-electron chi connectivity index (χ1n) is 7.58. The first-order valence-corrected chi connectivity index (χ1v) is 8.57. The van der Waals surface area contributed by atoms with Gasteiger partial charge >= 0.3 is 5.97 Å². The molecule has 0 amide bonds. The fourth-order valence-corrected chi connectivity index (χ4v) is 3.11. The normalized spacial score (nSPS) is 15.2. The number of ether oxygens (including phenoxy) is 1. The summed E-state index contributed by atoms with van der Waals surface area (Å²) in [5.41, 5.74) is 11.7. The molecule has 1 aromatic rings. The minimum Gasteiger partial charge on any atom is -0.465 e. The Labute approximate surface area is 150 Å². The Kier molecular flexibility index (Phi) is 6.29. The van der Waals surface area contributed by atoms with Crippen LogP contribution in [0.25, 0.3) is 0 Å². The number of anilines is 1. The second-order valence-electron chi connectivity index (χ2n) is 5.54. The lowest BCUT2D eigenvalue weighted by Gasteiger charge is -2.28. The molecule has 0 aliphatic carbocycles. The maximum absolute atomic E-state index is 11.9. The molecule has 8 nitrogen and oxygen atoms in total. The predicted molar refractivity (Wildman–Crippen MR) is 98.1 cm³/mol. The number of hydrogen-bond donors (Lipinski definition) is 4. The SMILES string of the molecule is COC(=O)c1cc(N2C=C(SCC(O)CO)N=C(N)N2)c(C)cc1C. The number of aryl methyl sites for hydroxylation is 2. The monoisotopic (exact) mass is 366 g/mol. The summed E-state index contributed by atoms with van der Waals surface area (Å²) in [6.07, 6.45) is 0.877. The lowest BCUT2D eigenvalue weighted by atomic mass is 10.0. The van der Waals surface area contributed by atoms with Crippen molar-refractivity contribution in [1.82, 2.24) is 5.43 Å². The molecule has 136 valence electrons. The third-order valence-corrected chi connectivity index (χ3v) is 4.59. The number of hydrogen-bond acceptors (Lipinski definition) is 9. The van der Waals surface area contributed by atoms with Crippen molar-refractivity contribution in [2.75, 3.05) is 24.5 Å². The van der Waals surface area contributed by atoms with Crippen molar-refractivity contribution in [2.45, 2.75) is 20.0 Å². The van der Waals surface area contributed by atoms with Crippen LogP contribution >= 0.6 is 11.8 Å². The van der Waals surface area contributed by atoms with Gasteiger partial charge in [-0.15, -0.1) is 11.8 Å². The molecule has 2 rings (SSSR count). The van der Waals surface area contributed by atoms with Gasteiger partial charge in [-0.05, 0) is 31.0 Å². The highest BCUT2D eigenvalue weighted by atomic mass is 32.2. The van der Waals surface area contributed by atoms with Gasteiger partial charge in [0.05, 0.1) is 37.3 Å². The predicted octanol–water partition coefficient (Wildman–Crippen LogP) is 0.615. The molecule has 5 N–H and O–H groups in total. The molecule has 1 aliphatic heterocycles. The van der Waals surface area contributed by atoms with Gasteiger partial charge in [-0.1, -0.05) is 6.07 Å². The summed E-state index contributed by atoms with van der Waals surface area (Å²) in [6.45, 7) is 3.44. The molecule has 0 radical (unpaired) electrons. The van der Waals surface area contributed by atoms with E-state index in [1.165, 1.54) is 18.9 Å². The third kappa shape index (κ3) is 4.65. The quantitative estimate of drug-likeness (QED) is 0.541. The summed E-state index contributed by atoms with van der Waals surface area (Å²) >= 11 is 1.27. The number of aliphatic hydroxyl groups excluding tert-OH is 2. The number of nitrogens with two attached hydrogens (primary N) is 1. The van der Waals surface area contributed by atoms with Gasteiger partial charge < -0.3 is 20.7 Å². The van der Waals surface area contributed by atoms with E-state index >= 15 is 0 Å². The zero-order valence-electron chi connectivity index (χ0n) is 14.3. The smallest absolute Gasteiger partial charge is 0.338 e. The van der Waals surface area contributed by atoms with E-state index in [9.17, 15) is 9.90 Å². The first kappa shape index (κ1) is 19.1.